The topological polar surface area (TPSA) is 87.7 Å². The zero-order valence-corrected chi connectivity index (χ0v) is 15.1. The SMILES string of the molecule is CC(=O)Nc1cccc(NC(=O)[C@@H]2CCCN2C(=O)OC(C)(C)C)c1. The van der Waals surface area contributed by atoms with E-state index in [0.717, 1.165) is 6.42 Å². The van der Waals surface area contributed by atoms with E-state index in [0.29, 0.717) is 24.3 Å². The third-order valence-electron chi connectivity index (χ3n) is 3.63. The van der Waals surface area contributed by atoms with E-state index < -0.39 is 17.7 Å². The van der Waals surface area contributed by atoms with Crippen molar-refractivity contribution >= 4 is 29.3 Å². The van der Waals surface area contributed by atoms with E-state index in [9.17, 15) is 14.4 Å². The van der Waals surface area contributed by atoms with Crippen molar-refractivity contribution in [1.29, 1.82) is 0 Å². The maximum Gasteiger partial charge on any atom is 0.410 e. The zero-order valence-electron chi connectivity index (χ0n) is 15.1. The molecule has 0 unspecified atom stereocenters. The standard InChI is InChI=1S/C18H25N3O4/c1-12(22)19-13-7-5-8-14(11-13)20-16(23)15-9-6-10-21(15)17(24)25-18(2,3)4/h5,7-8,11,15H,6,9-10H2,1-4H3,(H,19,22)(H,20,23)/t15-/m0/s1. The van der Waals surface area contributed by atoms with Gasteiger partial charge < -0.3 is 15.4 Å². The number of ether oxygens (including phenoxy) is 1. The van der Waals surface area contributed by atoms with Gasteiger partial charge in [0.05, 0.1) is 0 Å². The van der Waals surface area contributed by atoms with E-state index in [-0.39, 0.29) is 11.8 Å². The second kappa shape index (κ2) is 7.55. The summed E-state index contributed by atoms with van der Waals surface area (Å²) in [4.78, 5) is 37.5. The molecule has 1 fully saturated rings. The lowest BCUT2D eigenvalue weighted by Gasteiger charge is -2.28. The molecule has 1 saturated heterocycles. The number of benzene rings is 1. The minimum atomic E-state index is -0.604. The van der Waals surface area contributed by atoms with Crippen LogP contribution in [0.2, 0.25) is 0 Å². The predicted molar refractivity (Wildman–Crippen MR) is 95.3 cm³/mol. The second-order valence-electron chi connectivity index (χ2n) is 7.08. The summed E-state index contributed by atoms with van der Waals surface area (Å²) in [5.41, 5.74) is 0.556. The summed E-state index contributed by atoms with van der Waals surface area (Å²) < 4.78 is 5.37. The highest BCUT2D eigenvalue weighted by molar-refractivity contribution is 5.97. The first-order valence-corrected chi connectivity index (χ1v) is 8.34. The number of hydrogen-bond acceptors (Lipinski definition) is 4. The molecule has 1 atom stereocenters. The van der Waals surface area contributed by atoms with Crippen LogP contribution in [0.3, 0.4) is 0 Å². The molecule has 7 heteroatoms. The minimum absolute atomic E-state index is 0.185. The van der Waals surface area contributed by atoms with E-state index >= 15 is 0 Å². The quantitative estimate of drug-likeness (QED) is 0.880. The lowest BCUT2D eigenvalue weighted by Crippen LogP contribution is -2.45. The number of nitrogens with one attached hydrogen (secondary N) is 2. The van der Waals surface area contributed by atoms with Gasteiger partial charge in [0.15, 0.2) is 0 Å². The molecule has 1 aliphatic rings. The number of hydrogen-bond donors (Lipinski definition) is 2. The van der Waals surface area contributed by atoms with Crippen LogP contribution in [0.25, 0.3) is 0 Å². The largest absolute Gasteiger partial charge is 0.444 e. The Hall–Kier alpha value is -2.57. The average molecular weight is 347 g/mol. The molecule has 3 amide bonds. The molecule has 1 aromatic rings. The van der Waals surface area contributed by atoms with Gasteiger partial charge in [-0.1, -0.05) is 6.07 Å². The summed E-state index contributed by atoms with van der Waals surface area (Å²) in [6.07, 6.45) is 0.872. The van der Waals surface area contributed by atoms with Crippen LogP contribution in [0.15, 0.2) is 24.3 Å². The van der Waals surface area contributed by atoms with Crippen molar-refractivity contribution in [2.75, 3.05) is 17.2 Å². The van der Waals surface area contributed by atoms with E-state index in [1.807, 2.05) is 0 Å². The van der Waals surface area contributed by atoms with Gasteiger partial charge in [-0.3, -0.25) is 14.5 Å². The fourth-order valence-electron chi connectivity index (χ4n) is 2.68. The van der Waals surface area contributed by atoms with Crippen LogP contribution >= 0.6 is 0 Å². The van der Waals surface area contributed by atoms with Crippen LogP contribution in [-0.4, -0.2) is 41.0 Å². The Labute approximate surface area is 147 Å². The second-order valence-corrected chi connectivity index (χ2v) is 7.08. The molecule has 2 N–H and O–H groups in total. The molecule has 2 rings (SSSR count). The number of anilines is 2. The van der Waals surface area contributed by atoms with Gasteiger partial charge in [-0.05, 0) is 51.8 Å². The average Bonchev–Trinajstić information content (AvgIpc) is 2.94. The number of amides is 3. The maximum atomic E-state index is 12.6. The van der Waals surface area contributed by atoms with E-state index in [4.69, 9.17) is 4.74 Å². The molecule has 0 bridgehead atoms. The van der Waals surface area contributed by atoms with Crippen molar-refractivity contribution in [3.8, 4) is 0 Å². The Morgan fingerprint density at radius 1 is 1.16 bits per heavy atom. The molecule has 0 saturated carbocycles. The van der Waals surface area contributed by atoms with Gasteiger partial charge in [-0.15, -0.1) is 0 Å². The van der Waals surface area contributed by atoms with Crippen LogP contribution < -0.4 is 10.6 Å². The predicted octanol–water partition coefficient (Wildman–Crippen LogP) is 2.98. The smallest absolute Gasteiger partial charge is 0.410 e. The molecule has 0 aromatic heterocycles. The monoisotopic (exact) mass is 347 g/mol. The fourth-order valence-corrected chi connectivity index (χ4v) is 2.68. The van der Waals surface area contributed by atoms with Gasteiger partial charge in [-0.25, -0.2) is 4.79 Å². The summed E-state index contributed by atoms with van der Waals surface area (Å²) in [5, 5.41) is 5.47. The van der Waals surface area contributed by atoms with Gasteiger partial charge in [0, 0.05) is 24.8 Å². The normalized spacial score (nSPS) is 17.1. The molecule has 0 spiro atoms. The third kappa shape index (κ3) is 5.48. The number of carbonyl (C=O) groups excluding carboxylic acids is 3. The van der Waals surface area contributed by atoms with Crippen LogP contribution in [0.4, 0.5) is 16.2 Å². The van der Waals surface area contributed by atoms with Crippen molar-refractivity contribution in [2.45, 2.75) is 52.2 Å². The number of nitrogens with zero attached hydrogens (tertiary/aromatic N) is 1. The Morgan fingerprint density at radius 2 is 1.80 bits per heavy atom. The van der Waals surface area contributed by atoms with Crippen molar-refractivity contribution in [2.24, 2.45) is 0 Å². The summed E-state index contributed by atoms with van der Waals surface area (Å²) in [6.45, 7) is 7.30. The molecule has 0 radical (unpaired) electrons. The maximum absolute atomic E-state index is 12.6. The first kappa shape index (κ1) is 18.8. The molecule has 1 aromatic carbocycles. The molecule has 25 heavy (non-hydrogen) atoms. The van der Waals surface area contributed by atoms with Crippen LogP contribution in [-0.2, 0) is 14.3 Å². The Kier molecular flexibility index (Phi) is 5.66. The summed E-state index contributed by atoms with van der Waals surface area (Å²) in [6, 6.07) is 6.32. The molecular formula is C18H25N3O4. The van der Waals surface area contributed by atoms with Crippen molar-refractivity contribution in [3.05, 3.63) is 24.3 Å². The number of carbonyl (C=O) groups is 3. The van der Waals surface area contributed by atoms with Gasteiger partial charge in [0.25, 0.3) is 0 Å². The Morgan fingerprint density at radius 3 is 2.40 bits per heavy atom. The lowest BCUT2D eigenvalue weighted by molar-refractivity contribution is -0.120. The van der Waals surface area contributed by atoms with Crippen molar-refractivity contribution in [1.82, 2.24) is 4.90 Å². The molecule has 136 valence electrons. The lowest BCUT2D eigenvalue weighted by atomic mass is 10.2. The number of likely N-dealkylation sites (tertiary alicyclic amines) is 1. The van der Waals surface area contributed by atoms with Gasteiger partial charge in [0.2, 0.25) is 11.8 Å². The summed E-state index contributed by atoms with van der Waals surface area (Å²) >= 11 is 0. The summed E-state index contributed by atoms with van der Waals surface area (Å²) in [5.74, 6) is -0.446. The van der Waals surface area contributed by atoms with Crippen LogP contribution in [0.1, 0.15) is 40.5 Å². The van der Waals surface area contributed by atoms with Crippen LogP contribution in [0.5, 0.6) is 0 Å². The highest BCUT2D eigenvalue weighted by Crippen LogP contribution is 2.23. The fraction of sp³-hybridized carbons (Fsp3) is 0.500. The Balaban J connectivity index is 2.04. The molecule has 0 aliphatic carbocycles. The van der Waals surface area contributed by atoms with E-state index in [1.165, 1.54) is 11.8 Å². The highest BCUT2D eigenvalue weighted by atomic mass is 16.6. The molecule has 1 heterocycles. The van der Waals surface area contributed by atoms with Crippen molar-refractivity contribution in [3.63, 3.8) is 0 Å². The number of rotatable bonds is 3. The Bertz CT molecular complexity index is 667. The van der Waals surface area contributed by atoms with Crippen LogP contribution in [0, 0.1) is 0 Å². The third-order valence-corrected chi connectivity index (χ3v) is 3.63. The van der Waals surface area contributed by atoms with Gasteiger partial charge >= 0.3 is 6.09 Å². The van der Waals surface area contributed by atoms with Gasteiger partial charge in [-0.2, -0.15) is 0 Å². The highest BCUT2D eigenvalue weighted by Gasteiger charge is 2.36. The van der Waals surface area contributed by atoms with E-state index in [2.05, 4.69) is 10.6 Å². The molecule has 1 aliphatic heterocycles. The van der Waals surface area contributed by atoms with Gasteiger partial charge in [0.1, 0.15) is 11.6 Å². The minimum Gasteiger partial charge on any atom is -0.444 e. The van der Waals surface area contributed by atoms with E-state index in [1.54, 1.807) is 45.0 Å². The van der Waals surface area contributed by atoms with Crippen molar-refractivity contribution < 1.29 is 19.1 Å². The first-order chi connectivity index (χ1) is 11.7. The molecular weight excluding hydrogens is 322 g/mol. The zero-order chi connectivity index (χ0) is 18.6. The molecule has 7 nitrogen and oxygen atoms in total. The summed E-state index contributed by atoms with van der Waals surface area (Å²) in [7, 11) is 0. The first-order valence-electron chi connectivity index (χ1n) is 8.34.